The van der Waals surface area contributed by atoms with Crippen LogP contribution in [0.2, 0.25) is 0 Å². The molecule has 1 heterocycles. The number of pyridine rings is 1. The Balaban J connectivity index is 1.94. The van der Waals surface area contributed by atoms with Gasteiger partial charge in [0.1, 0.15) is 5.69 Å². The topological polar surface area (TPSA) is 144 Å². The Labute approximate surface area is 193 Å². The number of carbonyl (C=O) groups is 3. The van der Waals surface area contributed by atoms with Crippen LogP contribution in [0.1, 0.15) is 46.2 Å². The number of carbonyl (C=O) groups excluding carboxylic acids is 3. The van der Waals surface area contributed by atoms with Crippen molar-refractivity contribution in [2.24, 2.45) is 0 Å². The average molecular weight is 477 g/mol. The molecule has 10 nitrogen and oxygen atoms in total. The first-order chi connectivity index (χ1) is 15.8. The number of amides is 3. The van der Waals surface area contributed by atoms with E-state index >= 15 is 0 Å². The van der Waals surface area contributed by atoms with Gasteiger partial charge in [0.15, 0.2) is 0 Å². The third-order valence-electron chi connectivity index (χ3n) is 4.52. The van der Waals surface area contributed by atoms with Crippen molar-refractivity contribution in [2.75, 3.05) is 26.8 Å². The van der Waals surface area contributed by atoms with E-state index in [0.29, 0.717) is 32.5 Å². The summed E-state index contributed by atoms with van der Waals surface area (Å²) in [5, 5.41) is 5.39. The fraction of sp³-hybridized carbons (Fsp3) is 0.364. The van der Waals surface area contributed by atoms with E-state index in [1.54, 1.807) is 12.1 Å². The van der Waals surface area contributed by atoms with Crippen molar-refractivity contribution in [2.45, 2.75) is 31.1 Å². The van der Waals surface area contributed by atoms with E-state index in [9.17, 15) is 22.8 Å². The average Bonchev–Trinajstić information content (AvgIpc) is 2.79. The largest absolute Gasteiger partial charge is 0.383 e. The Bertz CT molecular complexity index is 1050. The minimum Gasteiger partial charge on any atom is -0.383 e. The molecule has 0 aliphatic carbocycles. The second-order valence-corrected chi connectivity index (χ2v) is 8.79. The van der Waals surface area contributed by atoms with Gasteiger partial charge in [0.25, 0.3) is 21.8 Å². The van der Waals surface area contributed by atoms with Gasteiger partial charge in [0, 0.05) is 32.8 Å². The van der Waals surface area contributed by atoms with Crippen LogP contribution in [-0.4, -0.2) is 57.9 Å². The molecule has 0 aliphatic rings. The van der Waals surface area contributed by atoms with Crippen molar-refractivity contribution in [3.05, 3.63) is 59.4 Å². The van der Waals surface area contributed by atoms with Crippen LogP contribution >= 0.6 is 0 Å². The minimum absolute atomic E-state index is 0.00791. The molecule has 0 atom stereocenters. The number of rotatable bonds is 12. The first-order valence-electron chi connectivity index (χ1n) is 10.4. The summed E-state index contributed by atoms with van der Waals surface area (Å²) >= 11 is 0. The Morgan fingerprint density at radius 1 is 0.970 bits per heavy atom. The summed E-state index contributed by atoms with van der Waals surface area (Å²) in [7, 11) is -2.59. The Morgan fingerprint density at radius 2 is 1.70 bits per heavy atom. The van der Waals surface area contributed by atoms with Gasteiger partial charge in [-0.25, -0.2) is 13.1 Å². The van der Waals surface area contributed by atoms with Gasteiger partial charge in [-0.2, -0.15) is 0 Å². The van der Waals surface area contributed by atoms with E-state index in [0.717, 1.165) is 18.2 Å². The number of sulfonamides is 1. The minimum atomic E-state index is -4.10. The summed E-state index contributed by atoms with van der Waals surface area (Å²) in [5.41, 5.74) is 0.930. The normalized spacial score (nSPS) is 11.0. The molecule has 3 amide bonds. The van der Waals surface area contributed by atoms with Gasteiger partial charge in [-0.1, -0.05) is 19.1 Å². The van der Waals surface area contributed by atoms with Gasteiger partial charge in [-0.3, -0.25) is 19.4 Å². The quantitative estimate of drug-likeness (QED) is 0.388. The Kier molecular flexibility index (Phi) is 9.95. The van der Waals surface area contributed by atoms with Crippen LogP contribution in [0.4, 0.5) is 0 Å². The molecule has 0 aliphatic heterocycles. The van der Waals surface area contributed by atoms with Gasteiger partial charge in [0.2, 0.25) is 5.91 Å². The molecule has 0 bridgehead atoms. The SMILES string of the molecule is CCCC(=O)NCCc1ccc(S(=O)(=O)NC(=O)c2ccc(C(=O)NCCOC)nc2)cc1. The molecule has 33 heavy (non-hydrogen) atoms. The second kappa shape index (κ2) is 12.7. The lowest BCUT2D eigenvalue weighted by molar-refractivity contribution is -0.121. The number of hydrogen-bond acceptors (Lipinski definition) is 7. The molecule has 2 rings (SSSR count). The molecule has 0 radical (unpaired) electrons. The number of hydrogen-bond donors (Lipinski definition) is 3. The van der Waals surface area contributed by atoms with Crippen molar-refractivity contribution >= 4 is 27.7 Å². The number of benzene rings is 1. The highest BCUT2D eigenvalue weighted by atomic mass is 32.2. The van der Waals surface area contributed by atoms with Crippen molar-refractivity contribution in [3.63, 3.8) is 0 Å². The predicted molar refractivity (Wildman–Crippen MR) is 121 cm³/mol. The maximum Gasteiger partial charge on any atom is 0.269 e. The molecular weight excluding hydrogens is 448 g/mol. The number of nitrogens with one attached hydrogen (secondary N) is 3. The molecule has 178 valence electrons. The third-order valence-corrected chi connectivity index (χ3v) is 5.87. The number of nitrogens with zero attached hydrogens (tertiary/aromatic N) is 1. The predicted octanol–water partition coefficient (Wildman–Crippen LogP) is 1.04. The fourth-order valence-electron chi connectivity index (χ4n) is 2.76. The Morgan fingerprint density at radius 3 is 2.30 bits per heavy atom. The van der Waals surface area contributed by atoms with Gasteiger partial charge in [0.05, 0.1) is 17.1 Å². The van der Waals surface area contributed by atoms with Gasteiger partial charge >= 0.3 is 0 Å². The third kappa shape index (κ3) is 8.28. The lowest BCUT2D eigenvalue weighted by Crippen LogP contribution is -2.31. The molecule has 0 saturated heterocycles. The lowest BCUT2D eigenvalue weighted by atomic mass is 10.1. The van der Waals surface area contributed by atoms with Crippen molar-refractivity contribution in [3.8, 4) is 0 Å². The van der Waals surface area contributed by atoms with E-state index in [1.165, 1.54) is 31.4 Å². The summed E-state index contributed by atoms with van der Waals surface area (Å²) in [4.78, 5) is 39.6. The number of aromatic nitrogens is 1. The second-order valence-electron chi connectivity index (χ2n) is 7.11. The molecule has 1 aromatic heterocycles. The maximum atomic E-state index is 12.5. The maximum absolute atomic E-state index is 12.5. The first-order valence-corrected chi connectivity index (χ1v) is 11.9. The van der Waals surface area contributed by atoms with E-state index in [4.69, 9.17) is 4.74 Å². The summed E-state index contributed by atoms with van der Waals surface area (Å²) in [6.07, 6.45) is 2.93. The van der Waals surface area contributed by atoms with Crippen LogP contribution < -0.4 is 15.4 Å². The van der Waals surface area contributed by atoms with Crippen LogP contribution in [0, 0.1) is 0 Å². The van der Waals surface area contributed by atoms with Gasteiger partial charge in [-0.15, -0.1) is 0 Å². The summed E-state index contributed by atoms with van der Waals surface area (Å²) in [6.45, 7) is 3.03. The molecule has 3 N–H and O–H groups in total. The zero-order chi connectivity index (χ0) is 24.3. The zero-order valence-corrected chi connectivity index (χ0v) is 19.4. The van der Waals surface area contributed by atoms with Crippen molar-refractivity contribution in [1.29, 1.82) is 0 Å². The Hall–Kier alpha value is -3.31. The highest BCUT2D eigenvalue weighted by Crippen LogP contribution is 2.12. The van der Waals surface area contributed by atoms with Crippen LogP contribution in [0.25, 0.3) is 0 Å². The van der Waals surface area contributed by atoms with Crippen LogP contribution in [-0.2, 0) is 26.0 Å². The molecule has 1 aromatic carbocycles. The monoisotopic (exact) mass is 476 g/mol. The van der Waals surface area contributed by atoms with Crippen molar-refractivity contribution < 1.29 is 27.5 Å². The van der Waals surface area contributed by atoms with Crippen LogP contribution in [0.5, 0.6) is 0 Å². The highest BCUT2D eigenvalue weighted by Gasteiger charge is 2.19. The van der Waals surface area contributed by atoms with Crippen LogP contribution in [0.15, 0.2) is 47.5 Å². The van der Waals surface area contributed by atoms with E-state index in [-0.39, 0.29) is 22.1 Å². The van der Waals surface area contributed by atoms with Gasteiger partial charge < -0.3 is 15.4 Å². The molecule has 0 saturated carbocycles. The molecule has 0 spiro atoms. The summed E-state index contributed by atoms with van der Waals surface area (Å²) < 4.78 is 31.9. The zero-order valence-electron chi connectivity index (χ0n) is 18.6. The molecule has 2 aromatic rings. The van der Waals surface area contributed by atoms with Gasteiger partial charge in [-0.05, 0) is 42.7 Å². The molecular formula is C22H28N4O6S. The highest BCUT2D eigenvalue weighted by molar-refractivity contribution is 7.90. The van der Waals surface area contributed by atoms with E-state index in [2.05, 4.69) is 15.6 Å². The summed E-state index contributed by atoms with van der Waals surface area (Å²) in [6, 6.07) is 8.69. The molecule has 11 heteroatoms. The molecule has 0 fully saturated rings. The lowest BCUT2D eigenvalue weighted by Gasteiger charge is -2.09. The standard InChI is InChI=1S/C22H28N4O6S/c1-3-4-20(27)23-12-11-16-5-8-18(9-6-16)33(30,31)26-21(28)17-7-10-19(25-15-17)22(29)24-13-14-32-2/h5-10,15H,3-4,11-14H2,1-2H3,(H,23,27)(H,24,29)(H,26,28). The molecule has 0 unspecified atom stereocenters. The smallest absolute Gasteiger partial charge is 0.269 e. The number of methoxy groups -OCH3 is 1. The first kappa shape index (κ1) is 25.9. The fourth-order valence-corrected chi connectivity index (χ4v) is 3.73. The van der Waals surface area contributed by atoms with E-state index < -0.39 is 21.8 Å². The van der Waals surface area contributed by atoms with E-state index in [1.807, 2.05) is 11.6 Å². The number of ether oxygens (including phenoxy) is 1. The van der Waals surface area contributed by atoms with Crippen molar-refractivity contribution in [1.82, 2.24) is 20.3 Å². The van der Waals surface area contributed by atoms with Crippen LogP contribution in [0.3, 0.4) is 0 Å². The summed E-state index contributed by atoms with van der Waals surface area (Å²) in [5.74, 6) is -1.32.